The topological polar surface area (TPSA) is 15.8 Å². The largest absolute Gasteiger partial charge is 0.371 e. The summed E-state index contributed by atoms with van der Waals surface area (Å²) in [5, 5.41) is 0. The lowest BCUT2D eigenvalue weighted by Gasteiger charge is -2.24. The Hall–Kier alpha value is -0.0800. The molecular formula is C10H19NO. The first-order chi connectivity index (χ1) is 5.77. The Labute approximate surface area is 74.9 Å². The van der Waals surface area contributed by atoms with Gasteiger partial charge in [0, 0.05) is 12.6 Å². The number of nitrogens with zero attached hydrogens (tertiary/aromatic N) is 1. The smallest absolute Gasteiger partial charge is 0.0964 e. The van der Waals surface area contributed by atoms with Gasteiger partial charge in [0.2, 0.25) is 0 Å². The molecule has 0 N–H and O–H groups in total. The van der Waals surface area contributed by atoms with Crippen LogP contribution in [0.15, 0.2) is 0 Å². The number of hydrogen-bond acceptors (Lipinski definition) is 2. The van der Waals surface area contributed by atoms with E-state index in [1.54, 1.807) is 0 Å². The molecule has 2 heteroatoms. The summed E-state index contributed by atoms with van der Waals surface area (Å²) in [5.41, 5.74) is 0. The highest BCUT2D eigenvalue weighted by atomic mass is 16.6. The molecule has 2 nitrogen and oxygen atoms in total. The number of epoxide rings is 1. The zero-order valence-corrected chi connectivity index (χ0v) is 8.12. The molecule has 0 radical (unpaired) electrons. The summed E-state index contributed by atoms with van der Waals surface area (Å²) in [4.78, 5) is 2.61. The van der Waals surface area contributed by atoms with E-state index in [1.807, 2.05) is 0 Å². The second-order valence-electron chi connectivity index (χ2n) is 4.47. The molecule has 2 saturated heterocycles. The van der Waals surface area contributed by atoms with Gasteiger partial charge in [0.15, 0.2) is 0 Å². The minimum Gasteiger partial charge on any atom is -0.371 e. The Morgan fingerprint density at radius 1 is 1.50 bits per heavy atom. The molecule has 12 heavy (non-hydrogen) atoms. The van der Waals surface area contributed by atoms with Crippen LogP contribution in [0.5, 0.6) is 0 Å². The maximum absolute atomic E-state index is 5.36. The lowest BCUT2D eigenvalue weighted by Crippen LogP contribution is -2.36. The van der Waals surface area contributed by atoms with Crippen LogP contribution in [0.25, 0.3) is 0 Å². The third kappa shape index (κ3) is 1.80. The van der Waals surface area contributed by atoms with Gasteiger partial charge < -0.3 is 4.74 Å². The first-order valence-corrected chi connectivity index (χ1v) is 5.13. The predicted molar refractivity (Wildman–Crippen MR) is 49.2 cm³/mol. The summed E-state index contributed by atoms with van der Waals surface area (Å²) in [5.74, 6) is 0.796. The predicted octanol–water partition coefficient (Wildman–Crippen LogP) is 1.51. The van der Waals surface area contributed by atoms with Crippen molar-refractivity contribution in [2.45, 2.75) is 38.8 Å². The second kappa shape index (κ2) is 3.35. The summed E-state index contributed by atoms with van der Waals surface area (Å²) >= 11 is 0. The minimum atomic E-state index is 0.589. The molecule has 0 spiro atoms. The highest BCUT2D eigenvalue weighted by molar-refractivity contribution is 4.91. The molecule has 0 aromatic rings. The van der Waals surface area contributed by atoms with Crippen molar-refractivity contribution in [3.63, 3.8) is 0 Å². The van der Waals surface area contributed by atoms with Crippen LogP contribution in [0.4, 0.5) is 0 Å². The standard InChI is InChI=1S/C10H19NO/c1-8(2)6-11-5-3-4-9(11)10-7-12-10/h8-10H,3-7H2,1-2H3/t9-,10-/m1/s1. The molecule has 0 saturated carbocycles. The van der Waals surface area contributed by atoms with E-state index in [9.17, 15) is 0 Å². The normalized spacial score (nSPS) is 36.2. The van der Waals surface area contributed by atoms with Crippen LogP contribution in [0.2, 0.25) is 0 Å². The Morgan fingerprint density at radius 2 is 2.25 bits per heavy atom. The van der Waals surface area contributed by atoms with Crippen molar-refractivity contribution in [2.24, 2.45) is 5.92 Å². The van der Waals surface area contributed by atoms with Crippen molar-refractivity contribution < 1.29 is 4.74 Å². The fourth-order valence-electron chi connectivity index (χ4n) is 2.25. The summed E-state index contributed by atoms with van der Waals surface area (Å²) in [6.07, 6.45) is 3.32. The van der Waals surface area contributed by atoms with Crippen LogP contribution in [-0.4, -0.2) is 36.7 Å². The zero-order chi connectivity index (χ0) is 8.55. The molecule has 0 aromatic carbocycles. The maximum Gasteiger partial charge on any atom is 0.0964 e. The molecule has 0 bridgehead atoms. The van der Waals surface area contributed by atoms with Gasteiger partial charge in [-0.05, 0) is 25.3 Å². The fourth-order valence-corrected chi connectivity index (χ4v) is 2.25. The Kier molecular flexibility index (Phi) is 2.37. The molecule has 0 amide bonds. The Bertz CT molecular complexity index is 154. The number of ether oxygens (including phenoxy) is 1. The Morgan fingerprint density at radius 3 is 2.83 bits per heavy atom. The van der Waals surface area contributed by atoms with Crippen molar-refractivity contribution in [1.29, 1.82) is 0 Å². The van der Waals surface area contributed by atoms with Crippen LogP contribution in [-0.2, 0) is 4.74 Å². The number of hydrogen-bond donors (Lipinski definition) is 0. The first kappa shape index (κ1) is 8.52. The van der Waals surface area contributed by atoms with Crippen LogP contribution in [0.3, 0.4) is 0 Å². The van der Waals surface area contributed by atoms with Crippen LogP contribution < -0.4 is 0 Å². The van der Waals surface area contributed by atoms with E-state index in [-0.39, 0.29) is 0 Å². The molecule has 2 heterocycles. The second-order valence-corrected chi connectivity index (χ2v) is 4.47. The Balaban J connectivity index is 1.85. The summed E-state index contributed by atoms with van der Waals surface area (Å²) < 4.78 is 5.36. The molecule has 70 valence electrons. The van der Waals surface area contributed by atoms with Crippen LogP contribution in [0, 0.1) is 5.92 Å². The summed E-state index contributed by atoms with van der Waals surface area (Å²) in [6.45, 7) is 8.15. The van der Waals surface area contributed by atoms with Crippen molar-refractivity contribution in [3.05, 3.63) is 0 Å². The molecule has 0 aromatic heterocycles. The SMILES string of the molecule is CC(C)CN1CCC[C@@H]1[C@H]1CO1. The molecule has 2 fully saturated rings. The summed E-state index contributed by atoms with van der Waals surface area (Å²) in [7, 11) is 0. The van der Waals surface area contributed by atoms with Crippen molar-refractivity contribution >= 4 is 0 Å². The molecule has 2 atom stereocenters. The molecule has 2 rings (SSSR count). The third-order valence-corrected chi connectivity index (χ3v) is 2.80. The molecule has 2 aliphatic heterocycles. The van der Waals surface area contributed by atoms with Crippen molar-refractivity contribution in [2.75, 3.05) is 19.7 Å². The van der Waals surface area contributed by atoms with Crippen LogP contribution in [0.1, 0.15) is 26.7 Å². The average molecular weight is 169 g/mol. The van der Waals surface area contributed by atoms with E-state index in [2.05, 4.69) is 18.7 Å². The van der Waals surface area contributed by atoms with Crippen molar-refractivity contribution in [1.82, 2.24) is 4.90 Å². The monoisotopic (exact) mass is 169 g/mol. The van der Waals surface area contributed by atoms with E-state index in [1.165, 1.54) is 25.9 Å². The lowest BCUT2D eigenvalue weighted by molar-refractivity contribution is 0.190. The quantitative estimate of drug-likeness (QED) is 0.595. The van der Waals surface area contributed by atoms with Gasteiger partial charge in [-0.2, -0.15) is 0 Å². The number of rotatable bonds is 3. The third-order valence-electron chi connectivity index (χ3n) is 2.80. The maximum atomic E-state index is 5.36. The molecule has 0 aliphatic carbocycles. The van der Waals surface area contributed by atoms with E-state index in [4.69, 9.17) is 4.74 Å². The minimum absolute atomic E-state index is 0.589. The van der Waals surface area contributed by atoms with E-state index in [0.717, 1.165) is 18.6 Å². The lowest BCUT2D eigenvalue weighted by atomic mass is 10.1. The zero-order valence-electron chi connectivity index (χ0n) is 8.12. The van der Waals surface area contributed by atoms with Gasteiger partial charge in [-0.25, -0.2) is 0 Å². The van der Waals surface area contributed by atoms with Crippen molar-refractivity contribution in [3.8, 4) is 0 Å². The van der Waals surface area contributed by atoms with Gasteiger partial charge in [0.1, 0.15) is 0 Å². The van der Waals surface area contributed by atoms with Gasteiger partial charge in [-0.3, -0.25) is 4.90 Å². The molecule has 0 unspecified atom stereocenters. The van der Waals surface area contributed by atoms with Crippen LogP contribution >= 0.6 is 0 Å². The summed E-state index contributed by atoms with van der Waals surface area (Å²) in [6, 6.07) is 0.757. The highest BCUT2D eigenvalue weighted by Crippen LogP contribution is 2.28. The average Bonchev–Trinajstić information content (AvgIpc) is 2.73. The molecule has 2 aliphatic rings. The first-order valence-electron chi connectivity index (χ1n) is 5.13. The van der Waals surface area contributed by atoms with Gasteiger partial charge in [0.25, 0.3) is 0 Å². The van der Waals surface area contributed by atoms with Gasteiger partial charge in [-0.1, -0.05) is 13.8 Å². The van der Waals surface area contributed by atoms with E-state index >= 15 is 0 Å². The van der Waals surface area contributed by atoms with Gasteiger partial charge in [0.05, 0.1) is 12.7 Å². The van der Waals surface area contributed by atoms with E-state index in [0.29, 0.717) is 6.10 Å². The van der Waals surface area contributed by atoms with E-state index < -0.39 is 0 Å². The van der Waals surface area contributed by atoms with Gasteiger partial charge >= 0.3 is 0 Å². The highest BCUT2D eigenvalue weighted by Gasteiger charge is 2.39. The van der Waals surface area contributed by atoms with Gasteiger partial charge in [-0.15, -0.1) is 0 Å². The number of likely N-dealkylation sites (tertiary alicyclic amines) is 1. The fraction of sp³-hybridized carbons (Fsp3) is 1.00. The molecular weight excluding hydrogens is 150 g/mol.